The zero-order valence-corrected chi connectivity index (χ0v) is 16.9. The maximum atomic E-state index is 13.2. The van der Waals surface area contributed by atoms with Gasteiger partial charge in [-0.05, 0) is 56.2 Å². The molecule has 0 radical (unpaired) electrons. The van der Waals surface area contributed by atoms with Crippen molar-refractivity contribution in [3.05, 3.63) is 59.7 Å². The van der Waals surface area contributed by atoms with Gasteiger partial charge in [-0.1, -0.05) is 24.3 Å². The average molecular weight is 391 g/mol. The minimum atomic E-state index is -3.89. The van der Waals surface area contributed by atoms with Crippen LogP contribution in [0.15, 0.2) is 53.4 Å². The summed E-state index contributed by atoms with van der Waals surface area (Å²) in [5.41, 5.74) is 2.46. The minimum absolute atomic E-state index is 0.140. The van der Waals surface area contributed by atoms with Gasteiger partial charge in [0.1, 0.15) is 6.54 Å². The lowest BCUT2D eigenvalue weighted by atomic mass is 10.1. The molecule has 0 saturated carbocycles. The summed E-state index contributed by atoms with van der Waals surface area (Å²) in [5, 5.41) is 2.76. The van der Waals surface area contributed by atoms with Crippen molar-refractivity contribution in [2.24, 2.45) is 0 Å². The second-order valence-electron chi connectivity index (χ2n) is 6.52. The van der Waals surface area contributed by atoms with Crippen molar-refractivity contribution in [2.45, 2.75) is 31.7 Å². The molecule has 0 aliphatic heterocycles. The molecule has 0 spiro atoms. The molecular weight excluding hydrogens is 364 g/mol. The molecule has 0 bridgehead atoms. The lowest BCUT2D eigenvalue weighted by molar-refractivity contribution is -0.120. The van der Waals surface area contributed by atoms with Gasteiger partial charge < -0.3 is 10.1 Å². The van der Waals surface area contributed by atoms with Crippen LogP contribution in [-0.2, 0) is 19.6 Å². The Morgan fingerprint density at radius 1 is 1.11 bits per heavy atom. The second-order valence-corrected chi connectivity index (χ2v) is 8.38. The molecule has 6 nitrogen and oxygen atoms in total. The number of hydrogen-bond donors (Lipinski definition) is 1. The van der Waals surface area contributed by atoms with Crippen molar-refractivity contribution in [3.8, 4) is 0 Å². The van der Waals surface area contributed by atoms with E-state index in [0.717, 1.165) is 15.4 Å². The van der Waals surface area contributed by atoms with Gasteiger partial charge in [0.15, 0.2) is 0 Å². The van der Waals surface area contributed by atoms with Crippen LogP contribution in [0.4, 0.5) is 5.69 Å². The first-order valence-electron chi connectivity index (χ1n) is 8.69. The van der Waals surface area contributed by atoms with E-state index in [0.29, 0.717) is 12.3 Å². The first-order valence-corrected chi connectivity index (χ1v) is 10.1. The Hall–Kier alpha value is -2.38. The molecule has 0 aromatic heterocycles. The Bertz CT molecular complexity index is 882. The van der Waals surface area contributed by atoms with Crippen LogP contribution in [0.5, 0.6) is 0 Å². The lowest BCUT2D eigenvalue weighted by Gasteiger charge is -2.25. The van der Waals surface area contributed by atoms with Gasteiger partial charge in [0.2, 0.25) is 5.91 Å². The molecular formula is C20H26N2O4S. The monoisotopic (exact) mass is 390 g/mol. The number of ether oxygens (including phenoxy) is 1. The molecule has 1 amide bonds. The van der Waals surface area contributed by atoms with Crippen molar-refractivity contribution in [2.75, 3.05) is 24.6 Å². The Labute approximate surface area is 161 Å². The van der Waals surface area contributed by atoms with Gasteiger partial charge in [-0.15, -0.1) is 0 Å². The van der Waals surface area contributed by atoms with Gasteiger partial charge in [0.25, 0.3) is 10.0 Å². The SMILES string of the molecule is COC[C@@H](C)NC(=O)CN(c1ccc(C)c(C)c1)S(=O)(=O)c1ccccc1. The highest BCUT2D eigenvalue weighted by molar-refractivity contribution is 7.92. The van der Waals surface area contributed by atoms with Crippen LogP contribution in [0.2, 0.25) is 0 Å². The summed E-state index contributed by atoms with van der Waals surface area (Å²) < 4.78 is 32.6. The van der Waals surface area contributed by atoms with Crippen LogP contribution in [0.25, 0.3) is 0 Å². The van der Waals surface area contributed by atoms with Gasteiger partial charge >= 0.3 is 0 Å². The van der Waals surface area contributed by atoms with E-state index in [-0.39, 0.29) is 17.5 Å². The Balaban J connectivity index is 2.40. The van der Waals surface area contributed by atoms with E-state index in [4.69, 9.17) is 4.74 Å². The highest BCUT2D eigenvalue weighted by Crippen LogP contribution is 2.25. The van der Waals surface area contributed by atoms with Crippen molar-refractivity contribution in [1.82, 2.24) is 5.32 Å². The fourth-order valence-corrected chi connectivity index (χ4v) is 4.09. The van der Waals surface area contributed by atoms with Crippen molar-refractivity contribution in [3.63, 3.8) is 0 Å². The smallest absolute Gasteiger partial charge is 0.264 e. The molecule has 0 heterocycles. The minimum Gasteiger partial charge on any atom is -0.383 e. The number of anilines is 1. The van der Waals surface area contributed by atoms with E-state index >= 15 is 0 Å². The number of nitrogens with one attached hydrogen (secondary N) is 1. The number of carbonyl (C=O) groups excluding carboxylic acids is 1. The molecule has 27 heavy (non-hydrogen) atoms. The maximum Gasteiger partial charge on any atom is 0.264 e. The highest BCUT2D eigenvalue weighted by Gasteiger charge is 2.27. The van der Waals surface area contributed by atoms with Crippen LogP contribution in [0, 0.1) is 13.8 Å². The Morgan fingerprint density at radius 2 is 1.78 bits per heavy atom. The zero-order valence-electron chi connectivity index (χ0n) is 16.1. The van der Waals surface area contributed by atoms with E-state index in [9.17, 15) is 13.2 Å². The Kier molecular flexibility index (Phi) is 6.98. The van der Waals surface area contributed by atoms with Gasteiger partial charge in [-0.3, -0.25) is 9.10 Å². The quantitative estimate of drug-likeness (QED) is 0.752. The summed E-state index contributed by atoms with van der Waals surface area (Å²) in [6.45, 7) is 5.70. The molecule has 1 N–H and O–H groups in total. The van der Waals surface area contributed by atoms with Crippen molar-refractivity contribution in [1.29, 1.82) is 0 Å². The van der Waals surface area contributed by atoms with Crippen molar-refractivity contribution < 1.29 is 17.9 Å². The van der Waals surface area contributed by atoms with Gasteiger partial charge in [0, 0.05) is 13.2 Å². The topological polar surface area (TPSA) is 75.7 Å². The van der Waals surface area contributed by atoms with E-state index in [1.165, 1.54) is 12.1 Å². The molecule has 2 aromatic carbocycles. The number of carbonyl (C=O) groups is 1. The van der Waals surface area contributed by atoms with Gasteiger partial charge in [-0.25, -0.2) is 8.42 Å². The number of rotatable bonds is 8. The van der Waals surface area contributed by atoms with Crippen LogP contribution in [-0.4, -0.2) is 40.6 Å². The summed E-state index contributed by atoms with van der Waals surface area (Å²) >= 11 is 0. The summed E-state index contributed by atoms with van der Waals surface area (Å²) in [4.78, 5) is 12.6. The van der Waals surface area contributed by atoms with E-state index < -0.39 is 15.9 Å². The molecule has 0 saturated heterocycles. The third-order valence-corrected chi connectivity index (χ3v) is 6.01. The first kappa shape index (κ1) is 20.9. The van der Waals surface area contributed by atoms with Crippen LogP contribution >= 0.6 is 0 Å². The van der Waals surface area contributed by atoms with Crippen LogP contribution in [0.3, 0.4) is 0 Å². The number of hydrogen-bond acceptors (Lipinski definition) is 4. The number of aryl methyl sites for hydroxylation is 2. The summed E-state index contributed by atoms with van der Waals surface area (Å²) in [6.07, 6.45) is 0. The second kappa shape index (κ2) is 9.01. The molecule has 0 fully saturated rings. The zero-order chi connectivity index (χ0) is 20.0. The summed E-state index contributed by atoms with van der Waals surface area (Å²) in [5.74, 6) is -0.391. The molecule has 1 atom stereocenters. The summed E-state index contributed by atoms with van der Waals surface area (Å²) in [7, 11) is -2.34. The lowest BCUT2D eigenvalue weighted by Crippen LogP contribution is -2.44. The third-order valence-electron chi connectivity index (χ3n) is 4.22. The molecule has 2 rings (SSSR count). The molecule has 7 heteroatoms. The number of benzene rings is 2. The number of sulfonamides is 1. The molecule has 0 unspecified atom stereocenters. The normalized spacial score (nSPS) is 12.4. The van der Waals surface area contributed by atoms with Crippen LogP contribution in [0.1, 0.15) is 18.1 Å². The largest absolute Gasteiger partial charge is 0.383 e. The summed E-state index contributed by atoms with van der Waals surface area (Å²) in [6, 6.07) is 13.2. The predicted molar refractivity (Wildman–Crippen MR) is 106 cm³/mol. The van der Waals surface area contributed by atoms with Crippen molar-refractivity contribution >= 4 is 21.6 Å². The average Bonchev–Trinajstić information content (AvgIpc) is 2.63. The number of nitrogens with zero attached hydrogens (tertiary/aromatic N) is 1. The predicted octanol–water partition coefficient (Wildman–Crippen LogP) is 2.65. The number of amides is 1. The number of methoxy groups -OCH3 is 1. The maximum absolute atomic E-state index is 13.2. The van der Waals surface area contributed by atoms with Crippen LogP contribution < -0.4 is 9.62 Å². The third kappa shape index (κ3) is 5.30. The van der Waals surface area contributed by atoms with Gasteiger partial charge in [0.05, 0.1) is 17.2 Å². The Morgan fingerprint density at radius 3 is 2.37 bits per heavy atom. The highest BCUT2D eigenvalue weighted by atomic mass is 32.2. The van der Waals surface area contributed by atoms with E-state index in [1.807, 2.05) is 19.9 Å². The van der Waals surface area contributed by atoms with E-state index in [2.05, 4.69) is 5.32 Å². The fraction of sp³-hybridized carbons (Fsp3) is 0.350. The molecule has 2 aromatic rings. The first-order chi connectivity index (χ1) is 12.8. The van der Waals surface area contributed by atoms with Gasteiger partial charge in [-0.2, -0.15) is 0 Å². The molecule has 0 aliphatic rings. The molecule has 146 valence electrons. The molecule has 0 aliphatic carbocycles. The fourth-order valence-electron chi connectivity index (χ4n) is 2.66. The standard InChI is InChI=1S/C20H26N2O4S/c1-15-10-11-18(12-16(15)2)22(13-20(23)21-17(3)14-26-4)27(24,25)19-8-6-5-7-9-19/h5-12,17H,13-14H2,1-4H3,(H,21,23)/t17-/m1/s1. The van der Waals surface area contributed by atoms with E-state index in [1.54, 1.807) is 44.4 Å².